The molecule has 3 atom stereocenters. The van der Waals surface area contributed by atoms with E-state index in [0.717, 1.165) is 13.2 Å². The number of likely N-dealkylation sites (N-methyl/N-ethyl adjacent to an activating group) is 1. The average molecular weight is 242 g/mol. The van der Waals surface area contributed by atoms with Crippen molar-refractivity contribution in [1.29, 1.82) is 0 Å². The molecule has 0 aromatic carbocycles. The van der Waals surface area contributed by atoms with Crippen LogP contribution in [0.25, 0.3) is 0 Å². The molecule has 0 spiro atoms. The SMILES string of the molecule is CCN(C(C)COC)C1CCCC(C)(C)C1N. The first-order valence-electron chi connectivity index (χ1n) is 6.94. The molecule has 0 aromatic heterocycles. The zero-order chi connectivity index (χ0) is 13.1. The summed E-state index contributed by atoms with van der Waals surface area (Å²) in [4.78, 5) is 2.52. The van der Waals surface area contributed by atoms with Crippen LogP contribution in [0.15, 0.2) is 0 Å². The Balaban J connectivity index is 2.73. The van der Waals surface area contributed by atoms with Crippen molar-refractivity contribution in [2.45, 2.75) is 65.1 Å². The lowest BCUT2D eigenvalue weighted by Crippen LogP contribution is -2.59. The van der Waals surface area contributed by atoms with Gasteiger partial charge in [0.1, 0.15) is 0 Å². The third-order valence-corrected chi connectivity index (χ3v) is 4.40. The van der Waals surface area contributed by atoms with E-state index in [1.807, 2.05) is 0 Å². The van der Waals surface area contributed by atoms with Crippen LogP contribution in [-0.2, 0) is 4.74 Å². The highest BCUT2D eigenvalue weighted by molar-refractivity contribution is 4.97. The molecule has 0 aromatic rings. The predicted molar refractivity (Wildman–Crippen MR) is 73.1 cm³/mol. The monoisotopic (exact) mass is 242 g/mol. The lowest BCUT2D eigenvalue weighted by molar-refractivity contribution is 0.0195. The lowest BCUT2D eigenvalue weighted by atomic mass is 9.70. The molecule has 0 aliphatic heterocycles. The minimum atomic E-state index is 0.267. The van der Waals surface area contributed by atoms with Crippen molar-refractivity contribution in [2.75, 3.05) is 20.3 Å². The highest BCUT2D eigenvalue weighted by atomic mass is 16.5. The molecule has 1 fully saturated rings. The molecule has 2 N–H and O–H groups in total. The molecule has 0 amide bonds. The van der Waals surface area contributed by atoms with Crippen molar-refractivity contribution in [2.24, 2.45) is 11.1 Å². The van der Waals surface area contributed by atoms with Gasteiger partial charge in [-0.15, -0.1) is 0 Å². The third-order valence-electron chi connectivity index (χ3n) is 4.40. The second kappa shape index (κ2) is 6.17. The Bertz CT molecular complexity index is 230. The lowest BCUT2D eigenvalue weighted by Gasteiger charge is -2.48. The van der Waals surface area contributed by atoms with Gasteiger partial charge in [-0.05, 0) is 31.7 Å². The molecule has 17 heavy (non-hydrogen) atoms. The van der Waals surface area contributed by atoms with E-state index in [0.29, 0.717) is 12.1 Å². The number of nitrogens with zero attached hydrogens (tertiary/aromatic N) is 1. The van der Waals surface area contributed by atoms with Crippen molar-refractivity contribution in [1.82, 2.24) is 4.90 Å². The number of hydrogen-bond acceptors (Lipinski definition) is 3. The molecule has 3 unspecified atom stereocenters. The van der Waals surface area contributed by atoms with Crippen molar-refractivity contribution in [3.05, 3.63) is 0 Å². The Morgan fingerprint density at radius 3 is 2.65 bits per heavy atom. The van der Waals surface area contributed by atoms with Gasteiger partial charge >= 0.3 is 0 Å². The van der Waals surface area contributed by atoms with Crippen LogP contribution in [0, 0.1) is 5.41 Å². The van der Waals surface area contributed by atoms with E-state index in [4.69, 9.17) is 10.5 Å². The van der Waals surface area contributed by atoms with Gasteiger partial charge < -0.3 is 10.5 Å². The number of rotatable bonds is 5. The smallest absolute Gasteiger partial charge is 0.0615 e. The molecule has 0 bridgehead atoms. The first-order valence-corrected chi connectivity index (χ1v) is 6.94. The standard InChI is InChI=1S/C14H30N2O/c1-6-16(11(2)10-17-5)12-8-7-9-14(3,4)13(12)15/h11-13H,6-10,15H2,1-5H3. The van der Waals surface area contributed by atoms with Crippen molar-refractivity contribution in [3.8, 4) is 0 Å². The number of ether oxygens (including phenoxy) is 1. The Labute approximate surface area is 107 Å². The minimum Gasteiger partial charge on any atom is -0.383 e. The molecule has 1 rings (SSSR count). The molecular weight excluding hydrogens is 212 g/mol. The fraction of sp³-hybridized carbons (Fsp3) is 1.00. The van der Waals surface area contributed by atoms with Crippen LogP contribution in [-0.4, -0.2) is 43.3 Å². The molecule has 1 aliphatic carbocycles. The Kier molecular flexibility index (Phi) is 5.42. The first-order chi connectivity index (χ1) is 7.94. The first kappa shape index (κ1) is 14.9. The van der Waals surface area contributed by atoms with Gasteiger partial charge in [0.15, 0.2) is 0 Å². The molecule has 102 valence electrons. The summed E-state index contributed by atoms with van der Waals surface area (Å²) in [7, 11) is 1.77. The summed E-state index contributed by atoms with van der Waals surface area (Å²) >= 11 is 0. The van der Waals surface area contributed by atoms with Gasteiger partial charge in [0, 0.05) is 25.2 Å². The van der Waals surface area contributed by atoms with Gasteiger partial charge in [0.2, 0.25) is 0 Å². The number of hydrogen-bond donors (Lipinski definition) is 1. The largest absolute Gasteiger partial charge is 0.383 e. The van der Waals surface area contributed by atoms with Crippen molar-refractivity contribution < 1.29 is 4.74 Å². The van der Waals surface area contributed by atoms with E-state index in [2.05, 4.69) is 32.6 Å². The van der Waals surface area contributed by atoms with Gasteiger partial charge in [0.05, 0.1) is 6.61 Å². The fourth-order valence-electron chi connectivity index (χ4n) is 3.22. The summed E-state index contributed by atoms with van der Waals surface area (Å²) in [5.74, 6) is 0. The van der Waals surface area contributed by atoms with Gasteiger partial charge in [-0.1, -0.05) is 27.2 Å². The molecule has 3 nitrogen and oxygen atoms in total. The van der Waals surface area contributed by atoms with Gasteiger partial charge in [-0.2, -0.15) is 0 Å². The van der Waals surface area contributed by atoms with Crippen LogP contribution >= 0.6 is 0 Å². The van der Waals surface area contributed by atoms with Crippen LogP contribution in [0.1, 0.15) is 47.0 Å². The molecule has 1 aliphatic rings. The second-order valence-electron chi connectivity index (χ2n) is 6.11. The Morgan fingerprint density at radius 2 is 2.12 bits per heavy atom. The number of nitrogens with two attached hydrogens (primary N) is 1. The van der Waals surface area contributed by atoms with E-state index in [1.165, 1.54) is 19.3 Å². The minimum absolute atomic E-state index is 0.267. The summed E-state index contributed by atoms with van der Waals surface area (Å²) in [6.45, 7) is 10.9. The molecule has 0 heterocycles. The van der Waals surface area contributed by atoms with Crippen LogP contribution in [0.5, 0.6) is 0 Å². The molecule has 3 heteroatoms. The van der Waals surface area contributed by atoms with Gasteiger partial charge in [0.25, 0.3) is 0 Å². The highest BCUT2D eigenvalue weighted by Gasteiger charge is 2.39. The fourth-order valence-corrected chi connectivity index (χ4v) is 3.22. The third kappa shape index (κ3) is 3.43. The van der Waals surface area contributed by atoms with Crippen molar-refractivity contribution >= 4 is 0 Å². The molecule has 0 radical (unpaired) electrons. The van der Waals surface area contributed by atoms with E-state index in [-0.39, 0.29) is 11.5 Å². The highest BCUT2D eigenvalue weighted by Crippen LogP contribution is 2.37. The van der Waals surface area contributed by atoms with E-state index in [9.17, 15) is 0 Å². The summed E-state index contributed by atoms with van der Waals surface area (Å²) in [5, 5.41) is 0. The maximum absolute atomic E-state index is 6.48. The van der Waals surface area contributed by atoms with E-state index < -0.39 is 0 Å². The maximum atomic E-state index is 6.48. The van der Waals surface area contributed by atoms with Gasteiger partial charge in [-0.25, -0.2) is 0 Å². The maximum Gasteiger partial charge on any atom is 0.0615 e. The summed E-state index contributed by atoms with van der Waals surface area (Å²) in [6, 6.07) is 1.24. The molecule has 0 saturated heterocycles. The normalized spacial score (nSPS) is 30.5. The summed E-state index contributed by atoms with van der Waals surface area (Å²) in [6.07, 6.45) is 3.77. The summed E-state index contributed by atoms with van der Waals surface area (Å²) < 4.78 is 5.28. The quantitative estimate of drug-likeness (QED) is 0.803. The van der Waals surface area contributed by atoms with E-state index in [1.54, 1.807) is 7.11 Å². The second-order valence-corrected chi connectivity index (χ2v) is 6.11. The topological polar surface area (TPSA) is 38.5 Å². The van der Waals surface area contributed by atoms with Crippen molar-refractivity contribution in [3.63, 3.8) is 0 Å². The Morgan fingerprint density at radius 1 is 1.47 bits per heavy atom. The van der Waals surface area contributed by atoms with Crippen LogP contribution in [0.4, 0.5) is 0 Å². The average Bonchev–Trinajstić information content (AvgIpc) is 2.25. The van der Waals surface area contributed by atoms with Crippen LogP contribution < -0.4 is 5.73 Å². The number of methoxy groups -OCH3 is 1. The van der Waals surface area contributed by atoms with Crippen LogP contribution in [0.3, 0.4) is 0 Å². The predicted octanol–water partition coefficient (Wildman–Crippen LogP) is 2.25. The zero-order valence-corrected chi connectivity index (χ0v) is 12.2. The zero-order valence-electron chi connectivity index (χ0n) is 12.2. The molecule has 1 saturated carbocycles. The Hall–Kier alpha value is -0.120. The van der Waals surface area contributed by atoms with Crippen LogP contribution in [0.2, 0.25) is 0 Å². The molecular formula is C14H30N2O. The van der Waals surface area contributed by atoms with Gasteiger partial charge in [-0.3, -0.25) is 4.90 Å². The summed E-state index contributed by atoms with van der Waals surface area (Å²) in [5.41, 5.74) is 6.75. The van der Waals surface area contributed by atoms with E-state index >= 15 is 0 Å².